The van der Waals surface area contributed by atoms with Crippen LogP contribution in [0.15, 0.2) is 18.2 Å². The van der Waals surface area contributed by atoms with E-state index in [1.165, 1.54) is 48.2 Å². The number of aromatic nitrogens is 1. The number of nitrogens with one attached hydrogen (secondary N) is 1. The van der Waals surface area contributed by atoms with Gasteiger partial charge in [-0.3, -0.25) is 0 Å². The number of benzene rings is 1. The Morgan fingerprint density at radius 3 is 2.89 bits per heavy atom. The van der Waals surface area contributed by atoms with Crippen molar-refractivity contribution in [1.29, 1.82) is 0 Å². The highest BCUT2D eigenvalue weighted by Crippen LogP contribution is 2.45. The molecule has 1 fully saturated rings. The van der Waals surface area contributed by atoms with Gasteiger partial charge in [0.1, 0.15) is 5.82 Å². The first kappa shape index (κ1) is 11.4. The standard InChI is InChI=1S/C16H21N3/c1-10(17)8-11-2-3-14-13(9-11)15-12-4-6-19(7-5-12)16(15)18-14/h2-3,9-10,12,18H,4-8,17H2,1H3. The van der Waals surface area contributed by atoms with Crippen LogP contribution in [0.1, 0.15) is 36.8 Å². The fraction of sp³-hybridized carbons (Fsp3) is 0.500. The van der Waals surface area contributed by atoms with Gasteiger partial charge in [-0.05, 0) is 49.8 Å². The molecule has 4 heterocycles. The summed E-state index contributed by atoms with van der Waals surface area (Å²) in [4.78, 5) is 6.14. The largest absolute Gasteiger partial charge is 0.358 e. The zero-order valence-electron chi connectivity index (χ0n) is 11.4. The molecular weight excluding hydrogens is 234 g/mol. The molecule has 2 aromatic rings. The van der Waals surface area contributed by atoms with Gasteiger partial charge < -0.3 is 15.6 Å². The van der Waals surface area contributed by atoms with E-state index in [1.54, 1.807) is 5.56 Å². The molecule has 3 N–H and O–H groups in total. The van der Waals surface area contributed by atoms with Crippen LogP contribution < -0.4 is 10.6 Å². The van der Waals surface area contributed by atoms with Crippen molar-refractivity contribution in [3.05, 3.63) is 29.3 Å². The lowest BCUT2D eigenvalue weighted by Gasteiger charge is -2.40. The zero-order chi connectivity index (χ0) is 13.0. The van der Waals surface area contributed by atoms with Gasteiger partial charge in [0, 0.05) is 35.6 Å². The van der Waals surface area contributed by atoms with E-state index in [0.717, 1.165) is 12.3 Å². The van der Waals surface area contributed by atoms with Gasteiger partial charge >= 0.3 is 0 Å². The second-order valence-corrected chi connectivity index (χ2v) is 6.21. The highest BCUT2D eigenvalue weighted by Gasteiger charge is 2.33. The van der Waals surface area contributed by atoms with E-state index in [4.69, 9.17) is 5.73 Å². The predicted octanol–water partition coefficient (Wildman–Crippen LogP) is 2.76. The van der Waals surface area contributed by atoms with Crippen LogP contribution in [-0.4, -0.2) is 24.1 Å². The Morgan fingerprint density at radius 2 is 2.16 bits per heavy atom. The molecule has 0 aliphatic carbocycles. The highest BCUT2D eigenvalue weighted by atomic mass is 15.2. The van der Waals surface area contributed by atoms with Crippen LogP contribution in [0.2, 0.25) is 0 Å². The van der Waals surface area contributed by atoms with Crippen molar-refractivity contribution in [2.75, 3.05) is 18.0 Å². The second-order valence-electron chi connectivity index (χ2n) is 6.21. The van der Waals surface area contributed by atoms with Gasteiger partial charge in [-0.1, -0.05) is 6.07 Å². The third-order valence-electron chi connectivity index (χ3n) is 4.66. The summed E-state index contributed by atoms with van der Waals surface area (Å²) in [5.74, 6) is 2.15. The van der Waals surface area contributed by atoms with Crippen LogP contribution >= 0.6 is 0 Å². The molecule has 0 saturated carbocycles. The maximum Gasteiger partial charge on any atom is 0.110 e. The molecule has 2 bridgehead atoms. The van der Waals surface area contributed by atoms with Gasteiger partial charge in [-0.2, -0.15) is 0 Å². The maximum absolute atomic E-state index is 5.93. The number of hydrogen-bond acceptors (Lipinski definition) is 2. The Bertz CT molecular complexity index is 618. The third kappa shape index (κ3) is 1.68. The minimum atomic E-state index is 0.229. The zero-order valence-corrected chi connectivity index (χ0v) is 11.4. The molecule has 3 heteroatoms. The topological polar surface area (TPSA) is 45.1 Å². The number of hydrogen-bond donors (Lipinski definition) is 2. The SMILES string of the molecule is CC(N)Cc1ccc2[nH]c3c(c2c1)C1CCN3CC1. The number of H-pyrrole nitrogens is 1. The van der Waals surface area contributed by atoms with E-state index in [9.17, 15) is 0 Å². The van der Waals surface area contributed by atoms with Crippen LogP contribution in [0.25, 0.3) is 10.9 Å². The van der Waals surface area contributed by atoms with Crippen molar-refractivity contribution in [3.63, 3.8) is 0 Å². The number of nitrogens with two attached hydrogens (primary N) is 1. The van der Waals surface area contributed by atoms with E-state index in [0.29, 0.717) is 0 Å². The average Bonchev–Trinajstić information content (AvgIpc) is 2.80. The fourth-order valence-electron chi connectivity index (χ4n) is 3.80. The molecule has 3 aliphatic rings. The van der Waals surface area contributed by atoms with Crippen LogP contribution in [0, 0.1) is 0 Å². The molecule has 0 spiro atoms. The van der Waals surface area contributed by atoms with Gasteiger partial charge in [-0.25, -0.2) is 0 Å². The average molecular weight is 255 g/mol. The van der Waals surface area contributed by atoms with Gasteiger partial charge in [0.25, 0.3) is 0 Å². The smallest absolute Gasteiger partial charge is 0.110 e. The minimum Gasteiger partial charge on any atom is -0.358 e. The monoisotopic (exact) mass is 255 g/mol. The molecular formula is C16H21N3. The first-order chi connectivity index (χ1) is 9.22. The molecule has 1 unspecified atom stereocenters. The van der Waals surface area contributed by atoms with Crippen molar-refractivity contribution in [3.8, 4) is 0 Å². The van der Waals surface area contributed by atoms with Gasteiger partial charge in [-0.15, -0.1) is 0 Å². The van der Waals surface area contributed by atoms with Crippen molar-refractivity contribution >= 4 is 16.7 Å². The summed E-state index contributed by atoms with van der Waals surface area (Å²) >= 11 is 0. The summed E-state index contributed by atoms with van der Waals surface area (Å²) in [6.45, 7) is 4.51. The molecule has 100 valence electrons. The minimum absolute atomic E-state index is 0.229. The summed E-state index contributed by atoms with van der Waals surface area (Å²) in [6, 6.07) is 7.03. The van der Waals surface area contributed by atoms with Crippen LogP contribution in [0.4, 0.5) is 5.82 Å². The number of anilines is 1. The molecule has 3 nitrogen and oxygen atoms in total. The van der Waals surface area contributed by atoms with Crippen molar-refractivity contribution in [2.24, 2.45) is 5.73 Å². The molecule has 1 atom stereocenters. The molecule has 0 amide bonds. The number of aromatic amines is 1. The molecule has 19 heavy (non-hydrogen) atoms. The molecule has 1 saturated heterocycles. The van der Waals surface area contributed by atoms with Crippen molar-refractivity contribution in [1.82, 2.24) is 4.98 Å². The molecule has 0 radical (unpaired) electrons. The third-order valence-corrected chi connectivity index (χ3v) is 4.66. The lowest BCUT2D eigenvalue weighted by atomic mass is 9.84. The van der Waals surface area contributed by atoms with Crippen LogP contribution in [-0.2, 0) is 6.42 Å². The van der Waals surface area contributed by atoms with E-state index >= 15 is 0 Å². The summed E-state index contributed by atoms with van der Waals surface area (Å²) in [7, 11) is 0. The van der Waals surface area contributed by atoms with E-state index in [-0.39, 0.29) is 6.04 Å². The Morgan fingerprint density at radius 1 is 1.37 bits per heavy atom. The van der Waals surface area contributed by atoms with Gasteiger partial charge in [0.05, 0.1) is 0 Å². The lowest BCUT2D eigenvalue weighted by Crippen LogP contribution is -2.38. The van der Waals surface area contributed by atoms with E-state index in [1.807, 2.05) is 0 Å². The molecule has 1 aromatic heterocycles. The number of fused-ring (bicyclic) bond motifs is 3. The van der Waals surface area contributed by atoms with Crippen LogP contribution in [0.3, 0.4) is 0 Å². The number of piperidine rings is 1. The second kappa shape index (κ2) is 4.01. The lowest BCUT2D eigenvalue weighted by molar-refractivity contribution is 0.475. The maximum atomic E-state index is 5.93. The predicted molar refractivity (Wildman–Crippen MR) is 79.8 cm³/mol. The first-order valence-electron chi connectivity index (χ1n) is 7.37. The van der Waals surface area contributed by atoms with Crippen molar-refractivity contribution < 1.29 is 0 Å². The summed E-state index contributed by atoms with van der Waals surface area (Å²) in [5, 5.41) is 1.43. The summed E-state index contributed by atoms with van der Waals surface area (Å²) in [6.07, 6.45) is 3.60. The van der Waals surface area contributed by atoms with Gasteiger partial charge in [0.15, 0.2) is 0 Å². The number of rotatable bonds is 2. The van der Waals surface area contributed by atoms with E-state index < -0.39 is 0 Å². The first-order valence-corrected chi connectivity index (χ1v) is 7.37. The number of nitrogens with zero attached hydrogens (tertiary/aromatic N) is 1. The Labute approximate surface area is 113 Å². The Balaban J connectivity index is 1.87. The Hall–Kier alpha value is -1.48. The Kier molecular flexibility index (Phi) is 2.39. The van der Waals surface area contributed by atoms with Crippen molar-refractivity contribution in [2.45, 2.75) is 38.1 Å². The summed E-state index contributed by atoms with van der Waals surface area (Å²) < 4.78 is 0. The van der Waals surface area contributed by atoms with Crippen LogP contribution in [0.5, 0.6) is 0 Å². The highest BCUT2D eigenvalue weighted by molar-refractivity contribution is 5.91. The quantitative estimate of drug-likeness (QED) is 0.866. The molecule has 3 aliphatic heterocycles. The molecule has 5 rings (SSSR count). The van der Waals surface area contributed by atoms with Gasteiger partial charge in [0.2, 0.25) is 0 Å². The van der Waals surface area contributed by atoms with E-state index in [2.05, 4.69) is 35.0 Å². The summed E-state index contributed by atoms with van der Waals surface area (Å²) in [5.41, 5.74) is 10.1. The normalized spacial score (nSPS) is 20.0. The molecule has 1 aromatic carbocycles. The fourth-order valence-corrected chi connectivity index (χ4v) is 3.80.